The minimum Gasteiger partial charge on any atom is -0.506 e. The molecule has 0 fully saturated rings. The maximum Gasteiger partial charge on any atom is 0.338 e. The first-order valence-electron chi connectivity index (χ1n) is 8.72. The second-order valence-corrected chi connectivity index (χ2v) is 9.62. The fourth-order valence-electron chi connectivity index (χ4n) is 2.98. The summed E-state index contributed by atoms with van der Waals surface area (Å²) in [4.78, 5) is 24.9. The number of Topliss-reactive ketones (excluding diaryl/α,β-unsaturated/α-hetero) is 1. The van der Waals surface area contributed by atoms with Gasteiger partial charge in [0.2, 0.25) is 5.78 Å². The summed E-state index contributed by atoms with van der Waals surface area (Å²) in [5.41, 5.74) is 3.16. The van der Waals surface area contributed by atoms with Gasteiger partial charge in [-0.1, -0.05) is 18.2 Å². The molecule has 0 bridgehead atoms. The molecule has 1 aliphatic carbocycles. The van der Waals surface area contributed by atoms with E-state index in [9.17, 15) is 14.7 Å². The van der Waals surface area contributed by atoms with Crippen LogP contribution in [0.1, 0.15) is 28.4 Å². The van der Waals surface area contributed by atoms with E-state index < -0.39 is 5.97 Å². The van der Waals surface area contributed by atoms with Gasteiger partial charge in [0.15, 0.2) is 0 Å². The minimum absolute atomic E-state index is 0. The van der Waals surface area contributed by atoms with E-state index >= 15 is 0 Å². The molecule has 0 aromatic heterocycles. The third kappa shape index (κ3) is 6.19. The van der Waals surface area contributed by atoms with Gasteiger partial charge in [-0.05, 0) is 123 Å². The summed E-state index contributed by atoms with van der Waals surface area (Å²) in [6.07, 6.45) is 3.41. The van der Waals surface area contributed by atoms with Gasteiger partial charge in [0.1, 0.15) is 5.75 Å². The van der Waals surface area contributed by atoms with Crippen LogP contribution >= 0.6 is 63.7 Å². The number of hydrogen-bond donors (Lipinski definition) is 1. The average Bonchev–Trinajstić information content (AvgIpc) is 2.71. The van der Waals surface area contributed by atoms with Crippen molar-refractivity contribution < 1.29 is 19.4 Å². The smallest absolute Gasteiger partial charge is 0.338 e. The molecular formula is C22H14Br4KO4. The van der Waals surface area contributed by atoms with Crippen LogP contribution in [0.5, 0.6) is 5.75 Å². The Labute approximate surface area is 256 Å². The molecule has 1 aliphatic rings. The maximum atomic E-state index is 12.6. The Morgan fingerprint density at radius 2 is 1.48 bits per heavy atom. The van der Waals surface area contributed by atoms with Crippen molar-refractivity contribution in [1.82, 2.24) is 0 Å². The molecule has 1 radical (unpaired) electrons. The number of hydrogen-bond acceptors (Lipinski definition) is 4. The molecule has 3 rings (SSSR count). The molecule has 0 heterocycles. The van der Waals surface area contributed by atoms with Crippen molar-refractivity contribution in [2.75, 3.05) is 6.61 Å². The predicted octanol–water partition coefficient (Wildman–Crippen LogP) is 6.66. The van der Waals surface area contributed by atoms with E-state index in [0.29, 0.717) is 40.2 Å². The second-order valence-electron chi connectivity index (χ2n) is 6.20. The number of allylic oxidation sites excluding steroid dienone is 5. The fourth-order valence-corrected chi connectivity index (χ4v) is 5.35. The summed E-state index contributed by atoms with van der Waals surface area (Å²) in [5, 5.41) is 10.2. The molecule has 0 amide bonds. The van der Waals surface area contributed by atoms with Crippen LogP contribution in [0, 0.1) is 0 Å². The Morgan fingerprint density at radius 1 is 0.968 bits per heavy atom. The number of rotatable bonds is 4. The summed E-state index contributed by atoms with van der Waals surface area (Å²) < 4.78 is 6.98. The molecule has 31 heavy (non-hydrogen) atoms. The van der Waals surface area contributed by atoms with Crippen LogP contribution in [0.2, 0.25) is 0 Å². The van der Waals surface area contributed by atoms with E-state index in [1.807, 2.05) is 12.1 Å². The molecule has 0 atom stereocenters. The summed E-state index contributed by atoms with van der Waals surface area (Å²) in [6.45, 7) is 2.00. The number of ether oxygens (including phenoxy) is 1. The SMILES string of the molecule is CCOC(=O)c1ccccc1C(=C1C=C(Br)C(=O)C(Br)=C1)c1cc(Br)c(O)c(Br)c1.[K]. The van der Waals surface area contributed by atoms with Crippen LogP contribution in [0.15, 0.2) is 72.0 Å². The van der Waals surface area contributed by atoms with Crippen molar-refractivity contribution >= 4 is 132 Å². The van der Waals surface area contributed by atoms with Gasteiger partial charge in [0.05, 0.1) is 30.1 Å². The van der Waals surface area contributed by atoms with Gasteiger partial charge in [-0.15, -0.1) is 0 Å². The summed E-state index contributed by atoms with van der Waals surface area (Å²) in [7, 11) is 0. The third-order valence-corrected chi connectivity index (χ3v) is 6.67. The molecule has 0 spiro atoms. The first kappa shape index (κ1) is 27.4. The summed E-state index contributed by atoms with van der Waals surface area (Å²) >= 11 is 13.4. The van der Waals surface area contributed by atoms with E-state index in [4.69, 9.17) is 4.74 Å². The molecule has 0 saturated heterocycles. The van der Waals surface area contributed by atoms with E-state index in [1.165, 1.54) is 0 Å². The Balaban J connectivity index is 0.00000341. The first-order valence-corrected chi connectivity index (χ1v) is 11.9. The van der Waals surface area contributed by atoms with Crippen molar-refractivity contribution in [3.63, 3.8) is 0 Å². The number of ketones is 1. The number of carbonyl (C=O) groups excluding carboxylic acids is 2. The van der Waals surface area contributed by atoms with Gasteiger partial charge in [0.25, 0.3) is 0 Å². The minimum atomic E-state index is -0.443. The van der Waals surface area contributed by atoms with Gasteiger partial charge in [-0.2, -0.15) is 0 Å². The number of esters is 1. The van der Waals surface area contributed by atoms with Crippen LogP contribution in [-0.2, 0) is 9.53 Å². The van der Waals surface area contributed by atoms with Crippen molar-refractivity contribution in [3.05, 3.63) is 88.7 Å². The Morgan fingerprint density at radius 3 is 2.00 bits per heavy atom. The second kappa shape index (κ2) is 12.0. The zero-order chi connectivity index (χ0) is 22.0. The average molecular weight is 701 g/mol. The zero-order valence-corrected chi connectivity index (χ0v) is 26.0. The predicted molar refractivity (Wildman–Crippen MR) is 137 cm³/mol. The first-order chi connectivity index (χ1) is 14.2. The number of benzene rings is 2. The van der Waals surface area contributed by atoms with Crippen molar-refractivity contribution in [2.45, 2.75) is 6.92 Å². The third-order valence-electron chi connectivity index (χ3n) is 4.28. The topological polar surface area (TPSA) is 63.6 Å². The molecule has 0 saturated carbocycles. The summed E-state index contributed by atoms with van der Waals surface area (Å²) in [6, 6.07) is 10.6. The monoisotopic (exact) mass is 697 g/mol. The molecule has 4 nitrogen and oxygen atoms in total. The molecule has 2 aromatic carbocycles. The number of halogens is 4. The molecule has 9 heteroatoms. The Kier molecular flexibility index (Phi) is 10.6. The van der Waals surface area contributed by atoms with Gasteiger partial charge >= 0.3 is 5.97 Å². The van der Waals surface area contributed by atoms with Crippen LogP contribution < -0.4 is 0 Å². The van der Waals surface area contributed by atoms with Gasteiger partial charge in [-0.3, -0.25) is 4.79 Å². The van der Waals surface area contributed by atoms with Crippen molar-refractivity contribution in [1.29, 1.82) is 0 Å². The number of carbonyl (C=O) groups is 2. The van der Waals surface area contributed by atoms with Crippen LogP contribution in [-0.4, -0.2) is 74.9 Å². The van der Waals surface area contributed by atoms with Crippen molar-refractivity contribution in [3.8, 4) is 5.75 Å². The van der Waals surface area contributed by atoms with Gasteiger partial charge in [-0.25, -0.2) is 4.79 Å². The largest absolute Gasteiger partial charge is 0.506 e. The fraction of sp³-hybridized carbons (Fsp3) is 0.0909. The van der Waals surface area contributed by atoms with Crippen LogP contribution in [0.4, 0.5) is 0 Å². The Hall–Kier alpha value is 0.156. The molecule has 2 aromatic rings. The number of phenolic OH excluding ortho intramolecular Hbond substituents is 1. The molecular weight excluding hydrogens is 687 g/mol. The van der Waals surface area contributed by atoms with E-state index in [0.717, 1.165) is 5.56 Å². The molecule has 1 N–H and O–H groups in total. The van der Waals surface area contributed by atoms with E-state index in [2.05, 4.69) is 63.7 Å². The quantitative estimate of drug-likeness (QED) is 0.287. The maximum absolute atomic E-state index is 12.6. The van der Waals surface area contributed by atoms with Crippen LogP contribution in [0.25, 0.3) is 5.57 Å². The molecule has 155 valence electrons. The zero-order valence-electron chi connectivity index (χ0n) is 16.5. The van der Waals surface area contributed by atoms with Crippen molar-refractivity contribution in [2.24, 2.45) is 0 Å². The molecule has 0 unspecified atom stereocenters. The van der Waals surface area contributed by atoms with Gasteiger partial charge < -0.3 is 9.84 Å². The number of aromatic hydroxyl groups is 1. The summed E-state index contributed by atoms with van der Waals surface area (Å²) in [5.74, 6) is -0.556. The standard InChI is InChI=1S/C22H14Br4O4.K/c1-2-30-22(29)14-6-4-3-5-13(14)19(11-7-15(23)20(27)16(24)8-11)12-9-17(25)21(28)18(26)10-12;/h3-10,27H,2H2,1H3;. The Bertz CT molecular complexity index is 1100. The van der Waals surface area contributed by atoms with Gasteiger partial charge in [0, 0.05) is 51.4 Å². The van der Waals surface area contributed by atoms with Crippen LogP contribution in [0.3, 0.4) is 0 Å². The van der Waals surface area contributed by atoms with E-state index in [-0.39, 0.29) is 69.5 Å². The molecule has 0 aliphatic heterocycles. The van der Waals surface area contributed by atoms with E-state index in [1.54, 1.807) is 43.3 Å². The number of phenols is 1. The normalized spacial score (nSPS) is 13.2.